The van der Waals surface area contributed by atoms with Gasteiger partial charge in [-0.3, -0.25) is 10.1 Å². The lowest BCUT2D eigenvalue weighted by Gasteiger charge is -2.34. The van der Waals surface area contributed by atoms with Crippen molar-refractivity contribution in [1.82, 2.24) is 9.97 Å². The lowest BCUT2D eigenvalue weighted by atomic mass is 10.3. The molecule has 0 spiro atoms. The van der Waals surface area contributed by atoms with Gasteiger partial charge in [-0.05, 0) is 0 Å². The number of nitro groups is 1. The number of nitrogens with zero attached hydrogens (tertiary/aromatic N) is 4. The van der Waals surface area contributed by atoms with Crippen LogP contribution in [-0.2, 0) is 9.84 Å². The number of nitrogens with one attached hydrogen (secondary N) is 1. The Labute approximate surface area is 125 Å². The molecule has 1 aromatic heterocycles. The fourth-order valence-electron chi connectivity index (χ4n) is 2.03. The first kappa shape index (κ1) is 15.7. The summed E-state index contributed by atoms with van der Waals surface area (Å²) in [4.78, 5) is 19.6. The van der Waals surface area contributed by atoms with E-state index in [0.717, 1.165) is 12.6 Å². The van der Waals surface area contributed by atoms with E-state index in [1.807, 2.05) is 0 Å². The zero-order valence-electron chi connectivity index (χ0n) is 11.1. The van der Waals surface area contributed by atoms with Gasteiger partial charge in [0.25, 0.3) is 0 Å². The zero-order valence-corrected chi connectivity index (χ0v) is 12.7. The minimum absolute atomic E-state index is 0.0429. The molecule has 0 aromatic carbocycles. The summed E-state index contributed by atoms with van der Waals surface area (Å²) in [6.45, 7) is 0.338. The van der Waals surface area contributed by atoms with Crippen LogP contribution in [0.25, 0.3) is 0 Å². The average Bonchev–Trinajstić information content (AvgIpc) is 2.45. The van der Waals surface area contributed by atoms with Crippen molar-refractivity contribution in [3.63, 3.8) is 0 Å². The molecule has 12 heteroatoms. The van der Waals surface area contributed by atoms with E-state index in [9.17, 15) is 18.5 Å². The number of aromatic nitrogens is 2. The number of thioether (sulfide) groups is 1. The van der Waals surface area contributed by atoms with Crippen LogP contribution in [-0.4, -0.2) is 53.0 Å². The number of nitrogen functional groups attached to an aromatic ring is 1. The summed E-state index contributed by atoms with van der Waals surface area (Å²) in [6, 6.07) is 0. The molecule has 0 bridgehead atoms. The maximum atomic E-state index is 11.9. The van der Waals surface area contributed by atoms with Crippen LogP contribution in [0.3, 0.4) is 0 Å². The molecule has 0 saturated carbocycles. The molecule has 0 amide bonds. The van der Waals surface area contributed by atoms with Gasteiger partial charge in [0.2, 0.25) is 11.6 Å². The molecule has 21 heavy (non-hydrogen) atoms. The maximum absolute atomic E-state index is 11.9. The van der Waals surface area contributed by atoms with Gasteiger partial charge < -0.3 is 10.3 Å². The van der Waals surface area contributed by atoms with Gasteiger partial charge in [0, 0.05) is 24.3 Å². The number of hydrazine groups is 1. The van der Waals surface area contributed by atoms with Gasteiger partial charge in [-0.2, -0.15) is 11.8 Å². The van der Waals surface area contributed by atoms with Crippen molar-refractivity contribution in [2.24, 2.45) is 5.84 Å². The normalized spacial score (nSPS) is 19.3. The minimum Gasteiger partial charge on any atom is -0.332 e. The van der Waals surface area contributed by atoms with Crippen molar-refractivity contribution < 1.29 is 13.3 Å². The molecule has 1 aromatic rings. The van der Waals surface area contributed by atoms with Crippen molar-refractivity contribution in [3.05, 3.63) is 16.4 Å². The molecule has 0 aliphatic carbocycles. The van der Waals surface area contributed by atoms with Crippen LogP contribution in [0.1, 0.15) is 0 Å². The molecule has 2 heterocycles. The molecule has 1 aliphatic rings. The van der Waals surface area contributed by atoms with Gasteiger partial charge >= 0.3 is 5.69 Å². The number of nitrogens with two attached hydrogens (primary N) is 1. The SMILES string of the molecule is CS(=O)(=O)C1CSCCN1c1ncnc(NN)c1[N+](=O)[O-]. The Balaban J connectivity index is 2.56. The minimum atomic E-state index is -3.41. The van der Waals surface area contributed by atoms with Crippen molar-refractivity contribution in [2.75, 3.05) is 34.6 Å². The summed E-state index contributed by atoms with van der Waals surface area (Å²) in [7, 11) is -3.41. The van der Waals surface area contributed by atoms with E-state index in [1.54, 1.807) is 0 Å². The molecule has 1 saturated heterocycles. The molecule has 10 nitrogen and oxygen atoms in total. The van der Waals surface area contributed by atoms with Crippen LogP contribution in [0.4, 0.5) is 17.3 Å². The number of anilines is 2. The Morgan fingerprint density at radius 3 is 2.86 bits per heavy atom. The Morgan fingerprint density at radius 2 is 2.29 bits per heavy atom. The predicted octanol–water partition coefficient (Wildman–Crippen LogP) is -0.406. The van der Waals surface area contributed by atoms with E-state index >= 15 is 0 Å². The monoisotopic (exact) mass is 334 g/mol. The summed E-state index contributed by atoms with van der Waals surface area (Å²) in [5, 5.41) is 10.4. The summed E-state index contributed by atoms with van der Waals surface area (Å²) < 4.78 is 23.8. The van der Waals surface area contributed by atoms with Crippen LogP contribution in [0.5, 0.6) is 0 Å². The van der Waals surface area contributed by atoms with Crippen LogP contribution >= 0.6 is 11.8 Å². The molecule has 116 valence electrons. The first-order valence-electron chi connectivity index (χ1n) is 5.85. The summed E-state index contributed by atoms with van der Waals surface area (Å²) >= 11 is 1.48. The third kappa shape index (κ3) is 3.16. The zero-order chi connectivity index (χ0) is 15.6. The van der Waals surface area contributed by atoms with E-state index in [-0.39, 0.29) is 11.6 Å². The highest BCUT2D eigenvalue weighted by Crippen LogP contribution is 2.35. The van der Waals surface area contributed by atoms with Crippen molar-refractivity contribution >= 4 is 38.9 Å². The van der Waals surface area contributed by atoms with E-state index in [2.05, 4.69) is 15.4 Å². The van der Waals surface area contributed by atoms with E-state index in [4.69, 9.17) is 5.84 Å². The molecule has 1 aliphatic heterocycles. The first-order chi connectivity index (χ1) is 9.86. The predicted molar refractivity (Wildman–Crippen MR) is 79.8 cm³/mol. The summed E-state index contributed by atoms with van der Waals surface area (Å²) in [6.07, 6.45) is 2.21. The number of hydrogen-bond acceptors (Lipinski definition) is 10. The standard InChI is InChI=1S/C9H14N6O4S2/c1-21(18,19)6-4-20-3-2-14(6)9-7(15(16)17)8(13-10)11-5-12-9/h5-6H,2-4,10H2,1H3,(H,11,12,13). The first-order valence-corrected chi connectivity index (χ1v) is 8.96. The third-order valence-electron chi connectivity index (χ3n) is 2.97. The number of sulfone groups is 1. The van der Waals surface area contributed by atoms with Crippen LogP contribution in [0.2, 0.25) is 0 Å². The van der Waals surface area contributed by atoms with Gasteiger partial charge in [-0.15, -0.1) is 0 Å². The largest absolute Gasteiger partial charge is 0.354 e. The fraction of sp³-hybridized carbons (Fsp3) is 0.556. The van der Waals surface area contributed by atoms with E-state index < -0.39 is 25.8 Å². The van der Waals surface area contributed by atoms with Gasteiger partial charge in [0.15, 0.2) is 9.84 Å². The second kappa shape index (κ2) is 5.99. The van der Waals surface area contributed by atoms with E-state index in [0.29, 0.717) is 18.1 Å². The van der Waals surface area contributed by atoms with Gasteiger partial charge in [-0.25, -0.2) is 24.2 Å². The quantitative estimate of drug-likeness (QED) is 0.423. The van der Waals surface area contributed by atoms with Crippen LogP contribution in [0.15, 0.2) is 6.33 Å². The van der Waals surface area contributed by atoms with Gasteiger partial charge in [0.05, 0.1) is 4.92 Å². The molecule has 1 atom stereocenters. The lowest BCUT2D eigenvalue weighted by Crippen LogP contribution is -2.47. The second-order valence-electron chi connectivity index (χ2n) is 4.35. The highest BCUT2D eigenvalue weighted by Gasteiger charge is 2.37. The highest BCUT2D eigenvalue weighted by molar-refractivity contribution is 8.01. The van der Waals surface area contributed by atoms with Crippen LogP contribution < -0.4 is 16.2 Å². The molecular formula is C9H14N6O4S2. The molecule has 3 N–H and O–H groups in total. The Hall–Kier alpha value is -1.66. The molecule has 1 unspecified atom stereocenters. The molecular weight excluding hydrogens is 320 g/mol. The summed E-state index contributed by atoms with van der Waals surface area (Å²) in [5.74, 6) is 6.00. The fourth-order valence-corrected chi connectivity index (χ4v) is 4.85. The van der Waals surface area contributed by atoms with Gasteiger partial charge in [0.1, 0.15) is 11.7 Å². The number of rotatable bonds is 4. The molecule has 2 rings (SSSR count). The van der Waals surface area contributed by atoms with E-state index in [1.165, 1.54) is 16.7 Å². The van der Waals surface area contributed by atoms with Crippen LogP contribution in [0, 0.1) is 10.1 Å². The Kier molecular flexibility index (Phi) is 4.49. The smallest absolute Gasteiger partial charge is 0.332 e. The number of hydrogen-bond donors (Lipinski definition) is 2. The highest BCUT2D eigenvalue weighted by atomic mass is 32.2. The average molecular weight is 334 g/mol. The lowest BCUT2D eigenvalue weighted by molar-refractivity contribution is -0.383. The van der Waals surface area contributed by atoms with Crippen molar-refractivity contribution in [3.8, 4) is 0 Å². The Bertz CT molecular complexity index is 652. The van der Waals surface area contributed by atoms with Crippen molar-refractivity contribution in [1.29, 1.82) is 0 Å². The summed E-state index contributed by atoms with van der Waals surface area (Å²) in [5.41, 5.74) is 1.71. The second-order valence-corrected chi connectivity index (χ2v) is 7.70. The third-order valence-corrected chi connectivity index (χ3v) is 5.62. The molecule has 0 radical (unpaired) electrons. The maximum Gasteiger partial charge on any atom is 0.354 e. The van der Waals surface area contributed by atoms with Crippen molar-refractivity contribution in [2.45, 2.75) is 5.37 Å². The Morgan fingerprint density at radius 1 is 1.57 bits per heavy atom. The topological polar surface area (TPSA) is 144 Å². The molecule has 1 fully saturated rings. The van der Waals surface area contributed by atoms with Gasteiger partial charge in [-0.1, -0.05) is 0 Å².